The maximum absolute atomic E-state index is 13.1. The summed E-state index contributed by atoms with van der Waals surface area (Å²) in [5, 5.41) is 9.61. The van der Waals surface area contributed by atoms with Gasteiger partial charge in [-0.3, -0.25) is 9.59 Å². The first kappa shape index (κ1) is 52.6. The van der Waals surface area contributed by atoms with Crippen molar-refractivity contribution in [1.29, 1.82) is 0 Å². The second-order valence-corrected chi connectivity index (χ2v) is 13.4. The van der Waals surface area contributed by atoms with Crippen LogP contribution in [0.2, 0.25) is 0 Å². The minimum atomic E-state index is -5.72. The van der Waals surface area contributed by atoms with Crippen LogP contribution in [-0.2, 0) is 28.5 Å². The van der Waals surface area contributed by atoms with Crippen LogP contribution in [0.15, 0.2) is 24.3 Å². The zero-order chi connectivity index (χ0) is 41.6. The first-order valence-corrected chi connectivity index (χ1v) is 19.2. The maximum Gasteiger partial charge on any atom is 0.453 e. The smallest absolute Gasteiger partial charge is 0.453 e. The van der Waals surface area contributed by atoms with Gasteiger partial charge in [-0.05, 0) is 64.2 Å². The zero-order valence-corrected chi connectivity index (χ0v) is 31.8. The lowest BCUT2D eigenvalue weighted by Gasteiger charge is -2.21. The molecule has 7 nitrogen and oxygen atoms in total. The molecule has 0 aromatic heterocycles. The van der Waals surface area contributed by atoms with Crippen LogP contribution in [0.4, 0.5) is 43.9 Å². The van der Waals surface area contributed by atoms with Gasteiger partial charge in [0.2, 0.25) is 0 Å². The number of alkyl halides is 10. The quantitative estimate of drug-likeness (QED) is 0.0227. The zero-order valence-electron chi connectivity index (χ0n) is 31.8. The fourth-order valence-electron chi connectivity index (χ4n) is 4.86. The molecule has 17 heteroatoms. The molecule has 0 aliphatic carbocycles. The van der Waals surface area contributed by atoms with E-state index in [1.807, 2.05) is 0 Å². The van der Waals surface area contributed by atoms with Crippen molar-refractivity contribution in [3.05, 3.63) is 24.3 Å². The number of ether oxygens (including phenoxy) is 4. The van der Waals surface area contributed by atoms with E-state index in [4.69, 9.17) is 18.9 Å². The van der Waals surface area contributed by atoms with E-state index >= 15 is 0 Å². The van der Waals surface area contributed by atoms with E-state index in [2.05, 4.69) is 31.2 Å². The van der Waals surface area contributed by atoms with E-state index in [1.165, 1.54) is 19.3 Å². The van der Waals surface area contributed by atoms with Crippen LogP contribution in [-0.4, -0.2) is 80.6 Å². The Labute approximate surface area is 318 Å². The first-order chi connectivity index (χ1) is 25.9. The minimum Gasteiger partial charge on any atom is -0.465 e. The molecular weight excluding hydrogens is 758 g/mol. The molecule has 0 spiro atoms. The highest BCUT2D eigenvalue weighted by atomic mass is 19.4. The largest absolute Gasteiger partial charge is 0.465 e. The van der Waals surface area contributed by atoms with Crippen LogP contribution < -0.4 is 0 Å². The van der Waals surface area contributed by atoms with Gasteiger partial charge in [-0.25, -0.2) is 0 Å². The fourth-order valence-corrected chi connectivity index (χ4v) is 4.86. The van der Waals surface area contributed by atoms with Gasteiger partial charge in [-0.2, -0.15) is 43.9 Å². The van der Waals surface area contributed by atoms with Crippen molar-refractivity contribution < 1.29 is 77.5 Å². The number of carbonyl (C=O) groups excluding carboxylic acids is 2. The second kappa shape index (κ2) is 29.8. The third-order valence-electron chi connectivity index (χ3n) is 8.34. The molecule has 0 radical (unpaired) electrons. The van der Waals surface area contributed by atoms with E-state index < -0.39 is 80.6 Å². The molecule has 0 rings (SSSR count). The van der Waals surface area contributed by atoms with Gasteiger partial charge in [0.25, 0.3) is 0 Å². The maximum atomic E-state index is 13.1. The predicted molar refractivity (Wildman–Crippen MR) is 186 cm³/mol. The molecule has 0 fully saturated rings. The van der Waals surface area contributed by atoms with Crippen molar-refractivity contribution in [2.75, 3.05) is 33.0 Å². The minimum absolute atomic E-state index is 0.194. The summed E-state index contributed by atoms with van der Waals surface area (Å²) in [5.41, 5.74) is 0. The number of unbranched alkanes of at least 4 members (excludes halogenated alkanes) is 10. The first-order valence-electron chi connectivity index (χ1n) is 19.2. The highest BCUT2D eigenvalue weighted by Gasteiger charge is 2.57. The topological polar surface area (TPSA) is 91.3 Å². The van der Waals surface area contributed by atoms with Gasteiger partial charge in [-0.15, -0.1) is 0 Å². The number of hydrogen-bond acceptors (Lipinski definition) is 7. The van der Waals surface area contributed by atoms with E-state index in [1.54, 1.807) is 0 Å². The molecule has 0 bridgehead atoms. The monoisotopic (exact) mass is 818 g/mol. The molecule has 1 N–H and O–H groups in total. The van der Waals surface area contributed by atoms with Crippen LogP contribution in [0.25, 0.3) is 0 Å². The van der Waals surface area contributed by atoms with E-state index in [0.29, 0.717) is 6.42 Å². The number of rotatable bonds is 34. The average Bonchev–Trinajstić information content (AvgIpc) is 3.10. The van der Waals surface area contributed by atoms with Gasteiger partial charge in [0, 0.05) is 38.9 Å². The van der Waals surface area contributed by atoms with Crippen molar-refractivity contribution in [1.82, 2.24) is 0 Å². The number of carbonyl (C=O) groups is 2. The summed E-state index contributed by atoms with van der Waals surface area (Å²) in [6.45, 7) is 0.418. The van der Waals surface area contributed by atoms with Crippen molar-refractivity contribution >= 4 is 11.9 Å². The molecule has 0 saturated heterocycles. The molecule has 0 aromatic carbocycles. The molecule has 55 heavy (non-hydrogen) atoms. The Morgan fingerprint density at radius 2 is 1.04 bits per heavy atom. The highest BCUT2D eigenvalue weighted by molar-refractivity contribution is 5.69. The molecule has 0 heterocycles. The molecule has 1 unspecified atom stereocenters. The number of halogens is 10. The highest BCUT2D eigenvalue weighted by Crippen LogP contribution is 2.40. The third-order valence-corrected chi connectivity index (χ3v) is 8.34. The summed E-state index contributed by atoms with van der Waals surface area (Å²) in [5.74, 6) is -11.8. The number of allylic oxidation sites excluding steroid dienone is 4. The lowest BCUT2D eigenvalue weighted by Crippen LogP contribution is -2.36. The molecule has 1 atom stereocenters. The van der Waals surface area contributed by atoms with Gasteiger partial charge in [0.15, 0.2) is 6.29 Å². The lowest BCUT2D eigenvalue weighted by atomic mass is 10.1. The molecule has 0 saturated carbocycles. The van der Waals surface area contributed by atoms with Crippen LogP contribution in [0.3, 0.4) is 0 Å². The summed E-state index contributed by atoms with van der Waals surface area (Å²) in [4.78, 5) is 24.5. The SMILES string of the molecule is CCCCC/C=C\C/C=C\CCCCCCCC(=O)OCC(CO)COC(=O)CCC(OCCCCC(F)(F)C(F)(F)F)OCCCCC(F)(F)C(F)(F)F. The average molecular weight is 819 g/mol. The lowest BCUT2D eigenvalue weighted by molar-refractivity contribution is -0.285. The van der Waals surface area contributed by atoms with Crippen LogP contribution >= 0.6 is 0 Å². The van der Waals surface area contributed by atoms with Gasteiger partial charge >= 0.3 is 36.1 Å². The van der Waals surface area contributed by atoms with Crippen molar-refractivity contribution in [3.63, 3.8) is 0 Å². The van der Waals surface area contributed by atoms with E-state index in [-0.39, 0.29) is 58.5 Å². The van der Waals surface area contributed by atoms with Crippen LogP contribution in [0.1, 0.15) is 135 Å². The number of esters is 2. The Kier molecular flexibility index (Phi) is 28.5. The standard InChI is InChI=1S/C38H60F10O7/c1-2-3-4-5-6-7-8-9-10-11-12-13-14-15-16-21-32(50)54-29-31(28-49)30-55-33(51)22-23-34(52-26-19-17-24-35(39,40)37(43,44)45)53-27-20-18-25-36(41,42)38(46,47)48/h6-7,9-10,31,34,49H,2-5,8,11-30H2,1H3/b7-6-,10-9-. The van der Waals surface area contributed by atoms with Crippen molar-refractivity contribution in [2.45, 2.75) is 166 Å². The summed E-state index contributed by atoms with van der Waals surface area (Å²) in [7, 11) is 0. The van der Waals surface area contributed by atoms with Gasteiger partial charge in [0.1, 0.15) is 0 Å². The van der Waals surface area contributed by atoms with Gasteiger partial charge < -0.3 is 24.1 Å². The van der Waals surface area contributed by atoms with E-state index in [9.17, 15) is 58.6 Å². The van der Waals surface area contributed by atoms with E-state index in [0.717, 1.165) is 44.9 Å². The number of aliphatic hydroxyl groups excluding tert-OH is 1. The Hall–Kier alpha value is -2.40. The van der Waals surface area contributed by atoms with Gasteiger partial charge in [0.05, 0.1) is 32.2 Å². The molecule has 0 aliphatic heterocycles. The molecule has 0 aromatic rings. The van der Waals surface area contributed by atoms with Gasteiger partial charge in [-0.1, -0.05) is 63.3 Å². The molecule has 0 aliphatic rings. The summed E-state index contributed by atoms with van der Waals surface area (Å²) in [6.07, 6.45) is 2.28. The summed E-state index contributed by atoms with van der Waals surface area (Å²) >= 11 is 0. The Morgan fingerprint density at radius 3 is 1.51 bits per heavy atom. The Bertz CT molecular complexity index is 1010. The number of hydrogen-bond donors (Lipinski definition) is 1. The normalized spacial score (nSPS) is 13.7. The van der Waals surface area contributed by atoms with Crippen LogP contribution in [0.5, 0.6) is 0 Å². The van der Waals surface area contributed by atoms with Crippen molar-refractivity contribution in [2.24, 2.45) is 5.92 Å². The molecular formula is C38H60F10O7. The summed E-state index contributed by atoms with van der Waals surface area (Å²) < 4.78 is 148. The number of aliphatic hydroxyl groups is 1. The molecule has 0 amide bonds. The Balaban J connectivity index is 4.47. The fraction of sp³-hybridized carbons (Fsp3) is 0.842. The summed E-state index contributed by atoms with van der Waals surface area (Å²) in [6, 6.07) is 0. The second-order valence-electron chi connectivity index (χ2n) is 13.4. The third kappa shape index (κ3) is 27.8. The predicted octanol–water partition coefficient (Wildman–Crippen LogP) is 11.4. The molecule has 324 valence electrons. The van der Waals surface area contributed by atoms with Crippen molar-refractivity contribution in [3.8, 4) is 0 Å². The Morgan fingerprint density at radius 1 is 0.582 bits per heavy atom. The van der Waals surface area contributed by atoms with Crippen LogP contribution in [0, 0.1) is 5.92 Å².